The Bertz CT molecular complexity index is 1230. The predicted molar refractivity (Wildman–Crippen MR) is 146 cm³/mol. The highest BCUT2D eigenvalue weighted by atomic mass is 16.5. The lowest BCUT2D eigenvalue weighted by molar-refractivity contribution is -0.00355. The molecule has 0 spiro atoms. The van der Waals surface area contributed by atoms with E-state index in [4.69, 9.17) is 4.74 Å². The maximum atomic E-state index is 11.8. The summed E-state index contributed by atoms with van der Waals surface area (Å²) in [6.07, 6.45) is 4.77. The van der Waals surface area contributed by atoms with E-state index >= 15 is 0 Å². The number of hydrogen-bond acceptors (Lipinski definition) is 4. The smallest absolute Gasteiger partial charge is 0.335 e. The number of hydrogen-bond donors (Lipinski definition) is 3. The van der Waals surface area contributed by atoms with Crippen LogP contribution in [0, 0.1) is 12.8 Å². The van der Waals surface area contributed by atoms with Gasteiger partial charge in [0, 0.05) is 12.1 Å². The van der Waals surface area contributed by atoms with Gasteiger partial charge in [0.25, 0.3) is 0 Å². The first-order valence-corrected chi connectivity index (χ1v) is 13.4. The third kappa shape index (κ3) is 5.80. The van der Waals surface area contributed by atoms with Gasteiger partial charge in [0.05, 0.1) is 24.4 Å². The van der Waals surface area contributed by atoms with Gasteiger partial charge in [0.2, 0.25) is 0 Å². The van der Waals surface area contributed by atoms with E-state index in [9.17, 15) is 15.0 Å². The summed E-state index contributed by atoms with van der Waals surface area (Å²) >= 11 is 0. The Balaban J connectivity index is 1.19. The third-order valence-electron chi connectivity index (χ3n) is 8.16. The zero-order valence-corrected chi connectivity index (χ0v) is 21.7. The third-order valence-corrected chi connectivity index (χ3v) is 8.16. The molecule has 3 N–H and O–H groups in total. The van der Waals surface area contributed by atoms with Crippen LogP contribution in [-0.2, 0) is 17.6 Å². The van der Waals surface area contributed by atoms with E-state index in [1.54, 1.807) is 6.07 Å². The second-order valence-corrected chi connectivity index (χ2v) is 10.9. The van der Waals surface area contributed by atoms with E-state index in [0.29, 0.717) is 18.0 Å². The summed E-state index contributed by atoms with van der Waals surface area (Å²) in [7, 11) is 0. The molecule has 0 aromatic heterocycles. The predicted octanol–water partition coefficient (Wildman–Crippen LogP) is 5.73. The summed E-state index contributed by atoms with van der Waals surface area (Å²) in [5.41, 5.74) is 6.92. The van der Waals surface area contributed by atoms with E-state index in [-0.39, 0.29) is 23.8 Å². The maximum absolute atomic E-state index is 11.8. The van der Waals surface area contributed by atoms with Crippen LogP contribution in [0.4, 0.5) is 0 Å². The molecular weight excluding hydrogens is 462 g/mol. The molecule has 0 unspecified atom stereocenters. The van der Waals surface area contributed by atoms with Crippen molar-refractivity contribution in [3.63, 3.8) is 0 Å². The fourth-order valence-electron chi connectivity index (χ4n) is 6.04. The Hall–Kier alpha value is -2.99. The molecule has 1 fully saturated rings. The summed E-state index contributed by atoms with van der Waals surface area (Å²) < 4.78 is 6.15. The Labute approximate surface area is 219 Å². The van der Waals surface area contributed by atoms with E-state index in [2.05, 4.69) is 29.6 Å². The first-order chi connectivity index (χ1) is 17.8. The number of carboxylic acids is 1. The molecule has 1 saturated carbocycles. The molecule has 0 radical (unpaired) electrons. The van der Waals surface area contributed by atoms with E-state index in [0.717, 1.165) is 48.8 Å². The minimum atomic E-state index is -0.949. The minimum Gasteiger partial charge on any atom is -0.478 e. The molecule has 194 valence electrons. The highest BCUT2D eigenvalue weighted by molar-refractivity contribution is 5.91. The second kappa shape index (κ2) is 10.8. The van der Waals surface area contributed by atoms with Gasteiger partial charge in [-0.2, -0.15) is 0 Å². The van der Waals surface area contributed by atoms with Crippen molar-refractivity contribution in [2.24, 2.45) is 5.92 Å². The van der Waals surface area contributed by atoms with Crippen LogP contribution in [0.3, 0.4) is 0 Å². The number of benzene rings is 3. The number of carbonyl (C=O) groups is 1. The van der Waals surface area contributed by atoms with E-state index in [1.165, 1.54) is 11.1 Å². The highest BCUT2D eigenvalue weighted by Crippen LogP contribution is 2.44. The Morgan fingerprint density at radius 3 is 2.30 bits per heavy atom. The van der Waals surface area contributed by atoms with Crippen LogP contribution in [0.15, 0.2) is 66.7 Å². The SMILES string of the molecule is Cc1c(C(=O)O)ccc(-c2ccccc2)c1[C@@H](C)OC[C@H](O)CNC1(CC2Cc3ccccc3C2)CC1. The summed E-state index contributed by atoms with van der Waals surface area (Å²) in [4.78, 5) is 11.8. The number of aliphatic hydroxyl groups excluding tert-OH is 1. The van der Waals surface area contributed by atoms with Crippen LogP contribution < -0.4 is 5.32 Å². The van der Waals surface area contributed by atoms with Crippen LogP contribution in [0.5, 0.6) is 0 Å². The summed E-state index contributed by atoms with van der Waals surface area (Å²) in [6.45, 7) is 4.44. The number of nitrogens with one attached hydrogen (secondary N) is 1. The Kier molecular flexibility index (Phi) is 7.47. The van der Waals surface area contributed by atoms with Crippen molar-refractivity contribution >= 4 is 5.97 Å². The van der Waals surface area contributed by atoms with Gasteiger partial charge in [-0.1, -0.05) is 60.7 Å². The first kappa shape index (κ1) is 25.7. The van der Waals surface area contributed by atoms with Crippen molar-refractivity contribution in [1.29, 1.82) is 0 Å². The zero-order valence-electron chi connectivity index (χ0n) is 21.7. The van der Waals surface area contributed by atoms with Crippen molar-refractivity contribution in [3.8, 4) is 11.1 Å². The second-order valence-electron chi connectivity index (χ2n) is 10.9. The summed E-state index contributed by atoms with van der Waals surface area (Å²) in [5, 5.41) is 24.1. The van der Waals surface area contributed by atoms with Gasteiger partial charge in [-0.3, -0.25) is 0 Å². The lowest BCUT2D eigenvalue weighted by Crippen LogP contribution is -2.40. The standard InChI is InChI=1S/C32H37NO4/c1-21-28(31(35)36)12-13-29(24-8-4-3-5-9-24)30(21)22(2)37-20-27(34)19-33-32(14-15-32)18-23-16-25-10-6-7-11-26(25)17-23/h3-13,22-23,27,33-34H,14-20H2,1-2H3,(H,35,36)/t22-,27-/m1/s1. The van der Waals surface area contributed by atoms with Gasteiger partial charge in [-0.25, -0.2) is 4.79 Å². The number of fused-ring (bicyclic) bond motifs is 1. The first-order valence-electron chi connectivity index (χ1n) is 13.4. The largest absolute Gasteiger partial charge is 0.478 e. The summed E-state index contributed by atoms with van der Waals surface area (Å²) in [6, 6.07) is 22.2. The molecule has 0 bridgehead atoms. The molecule has 2 aliphatic carbocycles. The van der Waals surface area contributed by atoms with Crippen molar-refractivity contribution in [2.45, 2.75) is 63.7 Å². The lowest BCUT2D eigenvalue weighted by Gasteiger charge is -2.25. The van der Waals surface area contributed by atoms with Crippen molar-refractivity contribution in [1.82, 2.24) is 5.32 Å². The van der Waals surface area contributed by atoms with E-state index < -0.39 is 12.1 Å². The average molecular weight is 500 g/mol. The van der Waals surface area contributed by atoms with Gasteiger partial charge in [0.1, 0.15) is 0 Å². The summed E-state index contributed by atoms with van der Waals surface area (Å²) in [5.74, 6) is -0.281. The number of rotatable bonds is 11. The number of ether oxygens (including phenoxy) is 1. The molecule has 3 aromatic carbocycles. The molecule has 0 heterocycles. The average Bonchev–Trinajstić information content (AvgIpc) is 3.54. The molecule has 5 nitrogen and oxygen atoms in total. The zero-order chi connectivity index (χ0) is 26.0. The Morgan fingerprint density at radius 2 is 1.68 bits per heavy atom. The minimum absolute atomic E-state index is 0.145. The monoisotopic (exact) mass is 499 g/mol. The topological polar surface area (TPSA) is 78.8 Å². The van der Waals surface area contributed by atoms with Crippen molar-refractivity contribution in [3.05, 3.63) is 94.5 Å². The molecule has 5 rings (SSSR count). The lowest BCUT2D eigenvalue weighted by atomic mass is 9.90. The molecular formula is C32H37NO4. The normalized spacial score (nSPS) is 17.8. The number of aliphatic hydroxyl groups is 1. The van der Waals surface area contributed by atoms with Gasteiger partial charge in [-0.15, -0.1) is 0 Å². The molecule has 37 heavy (non-hydrogen) atoms. The molecule has 2 aliphatic rings. The highest BCUT2D eigenvalue weighted by Gasteiger charge is 2.44. The quantitative estimate of drug-likeness (QED) is 0.314. The number of aromatic carboxylic acids is 1. The fraction of sp³-hybridized carbons (Fsp3) is 0.406. The van der Waals surface area contributed by atoms with Crippen LogP contribution >= 0.6 is 0 Å². The molecule has 0 saturated heterocycles. The molecule has 5 heteroatoms. The van der Waals surface area contributed by atoms with E-state index in [1.807, 2.05) is 50.2 Å². The molecule has 2 atom stereocenters. The number of carboxylic acid groups (broad SMARTS) is 1. The van der Waals surface area contributed by atoms with Crippen molar-refractivity contribution < 1.29 is 19.7 Å². The van der Waals surface area contributed by atoms with Gasteiger partial charge in [0.15, 0.2) is 0 Å². The van der Waals surface area contributed by atoms with Crippen LogP contribution in [-0.4, -0.2) is 41.0 Å². The van der Waals surface area contributed by atoms with Gasteiger partial charge in [-0.05, 0) is 91.3 Å². The molecule has 0 amide bonds. The van der Waals surface area contributed by atoms with Crippen LogP contribution in [0.2, 0.25) is 0 Å². The molecule has 0 aliphatic heterocycles. The fourth-order valence-corrected chi connectivity index (χ4v) is 6.04. The van der Waals surface area contributed by atoms with Gasteiger partial charge < -0.3 is 20.3 Å². The Morgan fingerprint density at radius 1 is 1.03 bits per heavy atom. The maximum Gasteiger partial charge on any atom is 0.335 e. The number of β-amino-alcohol motifs (C(OH)–C–C–N with tert-alkyl or cyclic N) is 1. The van der Waals surface area contributed by atoms with Crippen LogP contribution in [0.25, 0.3) is 11.1 Å². The van der Waals surface area contributed by atoms with Crippen molar-refractivity contribution in [2.75, 3.05) is 13.2 Å². The van der Waals surface area contributed by atoms with Crippen LogP contribution in [0.1, 0.15) is 64.9 Å². The molecule has 3 aromatic rings. The van der Waals surface area contributed by atoms with Gasteiger partial charge >= 0.3 is 5.97 Å².